The second kappa shape index (κ2) is 10.1. The Morgan fingerprint density at radius 3 is 2.16 bits per heavy atom. The molecule has 166 valence electrons. The highest BCUT2D eigenvalue weighted by Crippen LogP contribution is 2.21. The van der Waals surface area contributed by atoms with Crippen LogP contribution in [0.15, 0.2) is 59.5 Å². The molecule has 0 aromatic heterocycles. The molecule has 7 nitrogen and oxygen atoms in total. The first-order valence-electron chi connectivity index (χ1n) is 10.4. The molecule has 3 rings (SSSR count). The smallest absolute Gasteiger partial charge is 0.338 e. The predicted molar refractivity (Wildman–Crippen MR) is 118 cm³/mol. The molecule has 0 atom stereocenters. The van der Waals surface area contributed by atoms with Gasteiger partial charge in [-0.25, -0.2) is 13.2 Å². The minimum absolute atomic E-state index is 0.104. The maximum absolute atomic E-state index is 12.7. The maximum atomic E-state index is 12.7. The highest BCUT2D eigenvalue weighted by atomic mass is 32.2. The number of carbonyl (C=O) groups is 2. The Morgan fingerprint density at radius 2 is 1.58 bits per heavy atom. The van der Waals surface area contributed by atoms with Crippen molar-refractivity contribution in [3.8, 4) is 0 Å². The van der Waals surface area contributed by atoms with E-state index in [2.05, 4.69) is 0 Å². The number of ether oxygens (including phenoxy) is 1. The summed E-state index contributed by atoms with van der Waals surface area (Å²) in [6.45, 7) is 4.40. The number of amides is 1. The van der Waals surface area contributed by atoms with Gasteiger partial charge >= 0.3 is 5.97 Å². The second-order valence-electron chi connectivity index (χ2n) is 7.76. The lowest BCUT2D eigenvalue weighted by Crippen LogP contribution is -2.39. The molecule has 1 heterocycles. The van der Waals surface area contributed by atoms with E-state index in [1.54, 1.807) is 4.90 Å². The molecule has 2 aromatic carbocycles. The Morgan fingerprint density at radius 1 is 0.968 bits per heavy atom. The SMILES string of the molecule is CC(C)N(C(=O)COC(=O)c1ccc(S(=O)(=O)N2CCCCC2)cc1)c1ccccc1. The Kier molecular flexibility index (Phi) is 7.46. The fraction of sp³-hybridized carbons (Fsp3) is 0.391. The molecule has 0 bridgehead atoms. The van der Waals surface area contributed by atoms with Gasteiger partial charge in [-0.2, -0.15) is 4.31 Å². The van der Waals surface area contributed by atoms with Crippen LogP contribution in [0, 0.1) is 0 Å². The van der Waals surface area contributed by atoms with Crippen LogP contribution in [0.1, 0.15) is 43.5 Å². The van der Waals surface area contributed by atoms with E-state index in [0.29, 0.717) is 13.1 Å². The van der Waals surface area contributed by atoms with E-state index in [1.807, 2.05) is 44.2 Å². The molecule has 1 fully saturated rings. The summed E-state index contributed by atoms with van der Waals surface area (Å²) < 4.78 is 32.1. The number of piperidine rings is 1. The van der Waals surface area contributed by atoms with Gasteiger partial charge in [0.15, 0.2) is 6.61 Å². The lowest BCUT2D eigenvalue weighted by molar-refractivity contribution is -0.122. The van der Waals surface area contributed by atoms with Crippen molar-refractivity contribution in [2.75, 3.05) is 24.6 Å². The molecular formula is C23H28N2O5S. The summed E-state index contributed by atoms with van der Waals surface area (Å²) in [5, 5.41) is 0. The molecule has 8 heteroatoms. The van der Waals surface area contributed by atoms with Gasteiger partial charge in [-0.3, -0.25) is 4.79 Å². The van der Waals surface area contributed by atoms with Crippen molar-refractivity contribution in [2.24, 2.45) is 0 Å². The molecule has 0 aliphatic carbocycles. The van der Waals surface area contributed by atoms with Crippen LogP contribution >= 0.6 is 0 Å². The van der Waals surface area contributed by atoms with Crippen LogP contribution in [0.4, 0.5) is 5.69 Å². The number of benzene rings is 2. The first-order chi connectivity index (χ1) is 14.8. The zero-order valence-corrected chi connectivity index (χ0v) is 18.7. The average Bonchev–Trinajstić information content (AvgIpc) is 2.78. The Balaban J connectivity index is 1.63. The van der Waals surface area contributed by atoms with E-state index in [9.17, 15) is 18.0 Å². The molecule has 1 amide bonds. The molecule has 0 unspecified atom stereocenters. The molecule has 1 saturated heterocycles. The third-order valence-electron chi connectivity index (χ3n) is 5.19. The van der Waals surface area contributed by atoms with Crippen molar-refractivity contribution in [3.05, 3.63) is 60.2 Å². The Labute approximate surface area is 183 Å². The summed E-state index contributed by atoms with van der Waals surface area (Å²) in [6.07, 6.45) is 2.75. The molecule has 31 heavy (non-hydrogen) atoms. The summed E-state index contributed by atoms with van der Waals surface area (Å²) in [6, 6.07) is 14.7. The first kappa shape index (κ1) is 23.0. The minimum Gasteiger partial charge on any atom is -0.452 e. The van der Waals surface area contributed by atoms with Crippen molar-refractivity contribution < 1.29 is 22.7 Å². The molecule has 0 spiro atoms. The number of nitrogens with zero attached hydrogens (tertiary/aromatic N) is 2. The minimum atomic E-state index is -3.56. The van der Waals surface area contributed by atoms with E-state index in [-0.39, 0.29) is 22.4 Å². The van der Waals surface area contributed by atoms with E-state index in [4.69, 9.17) is 4.74 Å². The highest BCUT2D eigenvalue weighted by Gasteiger charge is 2.26. The van der Waals surface area contributed by atoms with Gasteiger partial charge in [-0.05, 0) is 63.1 Å². The van der Waals surface area contributed by atoms with Gasteiger partial charge < -0.3 is 9.64 Å². The summed E-state index contributed by atoms with van der Waals surface area (Å²) in [4.78, 5) is 26.8. The lowest BCUT2D eigenvalue weighted by Gasteiger charge is -2.26. The van der Waals surface area contributed by atoms with Gasteiger partial charge in [-0.1, -0.05) is 24.6 Å². The molecule has 0 N–H and O–H groups in total. The second-order valence-corrected chi connectivity index (χ2v) is 9.70. The van der Waals surface area contributed by atoms with Gasteiger partial charge in [0, 0.05) is 24.8 Å². The van der Waals surface area contributed by atoms with Crippen LogP contribution in [-0.2, 0) is 19.6 Å². The number of esters is 1. The maximum Gasteiger partial charge on any atom is 0.338 e. The summed E-state index contributed by atoms with van der Waals surface area (Å²) in [5.74, 6) is -1.01. The quantitative estimate of drug-likeness (QED) is 0.611. The zero-order chi connectivity index (χ0) is 22.4. The molecule has 0 saturated carbocycles. The van der Waals surface area contributed by atoms with E-state index < -0.39 is 22.6 Å². The third kappa shape index (κ3) is 5.51. The van der Waals surface area contributed by atoms with Gasteiger partial charge in [0.1, 0.15) is 0 Å². The van der Waals surface area contributed by atoms with Crippen molar-refractivity contribution in [2.45, 2.75) is 44.0 Å². The van der Waals surface area contributed by atoms with Crippen molar-refractivity contribution in [1.29, 1.82) is 0 Å². The van der Waals surface area contributed by atoms with Crippen LogP contribution in [0.2, 0.25) is 0 Å². The van der Waals surface area contributed by atoms with Gasteiger partial charge in [-0.15, -0.1) is 0 Å². The molecule has 2 aromatic rings. The van der Waals surface area contributed by atoms with E-state index in [0.717, 1.165) is 24.9 Å². The van der Waals surface area contributed by atoms with Crippen molar-refractivity contribution in [1.82, 2.24) is 4.31 Å². The number of hydrogen-bond donors (Lipinski definition) is 0. The number of hydrogen-bond acceptors (Lipinski definition) is 5. The van der Waals surface area contributed by atoms with Crippen LogP contribution in [0.25, 0.3) is 0 Å². The summed E-state index contributed by atoms with van der Waals surface area (Å²) in [7, 11) is -3.56. The monoisotopic (exact) mass is 444 g/mol. The number of rotatable bonds is 7. The fourth-order valence-corrected chi connectivity index (χ4v) is 5.13. The molecule has 0 radical (unpaired) electrons. The van der Waals surface area contributed by atoms with Crippen molar-refractivity contribution in [3.63, 3.8) is 0 Å². The average molecular weight is 445 g/mol. The van der Waals surface area contributed by atoms with Gasteiger partial charge in [0.2, 0.25) is 10.0 Å². The largest absolute Gasteiger partial charge is 0.452 e. The number of para-hydroxylation sites is 1. The number of sulfonamides is 1. The summed E-state index contributed by atoms with van der Waals surface area (Å²) in [5.41, 5.74) is 0.923. The fourth-order valence-electron chi connectivity index (χ4n) is 3.62. The normalized spacial score (nSPS) is 14.9. The molecular weight excluding hydrogens is 416 g/mol. The van der Waals surface area contributed by atoms with Crippen LogP contribution < -0.4 is 4.90 Å². The first-order valence-corrected chi connectivity index (χ1v) is 11.9. The number of anilines is 1. The van der Waals surface area contributed by atoms with Crippen LogP contribution in [-0.4, -0.2) is 50.3 Å². The van der Waals surface area contributed by atoms with E-state index >= 15 is 0 Å². The third-order valence-corrected chi connectivity index (χ3v) is 7.10. The Hall–Kier alpha value is -2.71. The Bertz CT molecular complexity index is 998. The predicted octanol–water partition coefficient (Wildman–Crippen LogP) is 3.46. The standard InChI is InChI=1S/C23H28N2O5S/c1-18(2)25(20-9-5-3-6-10-20)22(26)17-30-23(27)19-11-13-21(14-12-19)31(28,29)24-15-7-4-8-16-24/h3,5-6,9-14,18H,4,7-8,15-17H2,1-2H3. The van der Waals surface area contributed by atoms with Crippen LogP contribution in [0.5, 0.6) is 0 Å². The summed E-state index contributed by atoms with van der Waals surface area (Å²) >= 11 is 0. The van der Waals surface area contributed by atoms with Gasteiger partial charge in [0.05, 0.1) is 10.5 Å². The van der Waals surface area contributed by atoms with Gasteiger partial charge in [0.25, 0.3) is 5.91 Å². The van der Waals surface area contributed by atoms with Crippen molar-refractivity contribution >= 4 is 27.6 Å². The number of carbonyl (C=O) groups excluding carboxylic acids is 2. The molecule has 1 aliphatic rings. The topological polar surface area (TPSA) is 84.0 Å². The van der Waals surface area contributed by atoms with E-state index in [1.165, 1.54) is 28.6 Å². The zero-order valence-electron chi connectivity index (χ0n) is 17.9. The van der Waals surface area contributed by atoms with Crippen LogP contribution in [0.3, 0.4) is 0 Å². The highest BCUT2D eigenvalue weighted by molar-refractivity contribution is 7.89. The molecule has 1 aliphatic heterocycles. The lowest BCUT2D eigenvalue weighted by atomic mass is 10.2.